The summed E-state index contributed by atoms with van der Waals surface area (Å²) in [5.41, 5.74) is 0. The van der Waals surface area contributed by atoms with Gasteiger partial charge in [-0.3, -0.25) is 0 Å². The molecule has 1 aliphatic heterocycles. The second-order valence-corrected chi connectivity index (χ2v) is 3.49. The molecule has 0 aromatic carbocycles. The maximum atomic E-state index is 5.54. The van der Waals surface area contributed by atoms with Crippen molar-refractivity contribution < 1.29 is 9.15 Å². The minimum absolute atomic E-state index is 0.245. The zero-order valence-corrected chi connectivity index (χ0v) is 8.38. The summed E-state index contributed by atoms with van der Waals surface area (Å²) in [7, 11) is 0. The van der Waals surface area contributed by atoms with Crippen LogP contribution in [-0.2, 0) is 4.74 Å². The third kappa shape index (κ3) is 2.49. The molecule has 1 fully saturated rings. The molecule has 1 saturated heterocycles. The summed E-state index contributed by atoms with van der Waals surface area (Å²) < 4.78 is 10.9. The molecule has 2 rings (SSSR count). The van der Waals surface area contributed by atoms with Crippen LogP contribution < -0.4 is 10.6 Å². The van der Waals surface area contributed by atoms with Gasteiger partial charge in [0.15, 0.2) is 5.88 Å². The summed E-state index contributed by atoms with van der Waals surface area (Å²) in [6, 6.07) is 3.88. The molecule has 1 atom stereocenters. The van der Waals surface area contributed by atoms with Crippen molar-refractivity contribution in [2.24, 2.45) is 0 Å². The van der Waals surface area contributed by atoms with Crippen LogP contribution in [0.4, 0.5) is 5.88 Å². The standard InChI is InChI=1S/C10H16N2O2/c1-8-2-3-10(14-8)12-7-9-6-11-4-5-13-9/h2-3,9,11-12H,4-7H2,1H3. The number of hydrogen-bond acceptors (Lipinski definition) is 4. The maximum absolute atomic E-state index is 5.54. The molecule has 1 aromatic rings. The third-order valence-electron chi connectivity index (χ3n) is 2.25. The summed E-state index contributed by atoms with van der Waals surface area (Å²) in [4.78, 5) is 0. The number of anilines is 1. The third-order valence-corrected chi connectivity index (χ3v) is 2.25. The molecule has 78 valence electrons. The van der Waals surface area contributed by atoms with E-state index >= 15 is 0 Å². The number of hydrogen-bond donors (Lipinski definition) is 2. The first-order valence-electron chi connectivity index (χ1n) is 4.97. The van der Waals surface area contributed by atoms with E-state index in [1.54, 1.807) is 0 Å². The van der Waals surface area contributed by atoms with Gasteiger partial charge in [0.25, 0.3) is 0 Å². The summed E-state index contributed by atoms with van der Waals surface area (Å²) in [6.07, 6.45) is 0.245. The van der Waals surface area contributed by atoms with Crippen molar-refractivity contribution in [3.8, 4) is 0 Å². The van der Waals surface area contributed by atoms with Gasteiger partial charge in [0.05, 0.1) is 12.7 Å². The lowest BCUT2D eigenvalue weighted by atomic mass is 10.3. The van der Waals surface area contributed by atoms with Crippen molar-refractivity contribution in [1.29, 1.82) is 0 Å². The minimum atomic E-state index is 0.245. The Morgan fingerprint density at radius 3 is 3.14 bits per heavy atom. The van der Waals surface area contributed by atoms with Crippen molar-refractivity contribution >= 4 is 5.88 Å². The highest BCUT2D eigenvalue weighted by molar-refractivity contribution is 5.31. The number of nitrogens with one attached hydrogen (secondary N) is 2. The molecule has 0 saturated carbocycles. The van der Waals surface area contributed by atoms with E-state index in [9.17, 15) is 0 Å². The Kier molecular flexibility index (Phi) is 3.06. The van der Waals surface area contributed by atoms with Gasteiger partial charge in [-0.2, -0.15) is 0 Å². The Bertz CT molecular complexity index is 279. The van der Waals surface area contributed by atoms with Gasteiger partial charge < -0.3 is 19.8 Å². The molecule has 14 heavy (non-hydrogen) atoms. The summed E-state index contributed by atoms with van der Waals surface area (Å²) >= 11 is 0. The molecule has 1 aromatic heterocycles. The molecular weight excluding hydrogens is 180 g/mol. The second kappa shape index (κ2) is 4.48. The largest absolute Gasteiger partial charge is 0.446 e. The van der Waals surface area contributed by atoms with Gasteiger partial charge >= 0.3 is 0 Å². The van der Waals surface area contributed by atoms with Crippen LogP contribution in [0.3, 0.4) is 0 Å². The van der Waals surface area contributed by atoms with Crippen molar-refractivity contribution in [2.75, 3.05) is 31.6 Å². The molecule has 4 nitrogen and oxygen atoms in total. The van der Waals surface area contributed by atoms with Crippen LogP contribution in [-0.4, -0.2) is 32.3 Å². The average Bonchev–Trinajstić information content (AvgIpc) is 2.63. The zero-order valence-electron chi connectivity index (χ0n) is 8.38. The normalized spacial score (nSPS) is 22.2. The predicted octanol–water partition coefficient (Wildman–Crippen LogP) is 0.988. The maximum Gasteiger partial charge on any atom is 0.193 e. The van der Waals surface area contributed by atoms with Crippen molar-refractivity contribution in [3.63, 3.8) is 0 Å². The Morgan fingerprint density at radius 2 is 2.50 bits per heavy atom. The Labute approximate surface area is 83.6 Å². The zero-order chi connectivity index (χ0) is 9.80. The number of furan rings is 1. The second-order valence-electron chi connectivity index (χ2n) is 3.49. The van der Waals surface area contributed by atoms with E-state index in [1.165, 1.54) is 0 Å². The van der Waals surface area contributed by atoms with Crippen molar-refractivity contribution in [1.82, 2.24) is 5.32 Å². The Hall–Kier alpha value is -1.00. The van der Waals surface area contributed by atoms with E-state index < -0.39 is 0 Å². The van der Waals surface area contributed by atoms with Crippen LogP contribution >= 0.6 is 0 Å². The molecule has 0 amide bonds. The smallest absolute Gasteiger partial charge is 0.193 e. The minimum Gasteiger partial charge on any atom is -0.446 e. The topological polar surface area (TPSA) is 46.4 Å². The molecule has 2 heterocycles. The van der Waals surface area contributed by atoms with Crippen molar-refractivity contribution in [3.05, 3.63) is 17.9 Å². The van der Waals surface area contributed by atoms with E-state index in [0.717, 1.165) is 37.9 Å². The van der Waals surface area contributed by atoms with E-state index in [4.69, 9.17) is 9.15 Å². The van der Waals surface area contributed by atoms with Gasteiger partial charge in [-0.15, -0.1) is 0 Å². The summed E-state index contributed by atoms with van der Waals surface area (Å²) in [5.74, 6) is 1.74. The SMILES string of the molecule is Cc1ccc(NCC2CNCCO2)o1. The molecule has 0 aliphatic carbocycles. The quantitative estimate of drug-likeness (QED) is 0.756. The summed E-state index contributed by atoms with van der Waals surface area (Å²) in [6.45, 7) is 5.39. The van der Waals surface area contributed by atoms with Gasteiger partial charge in [-0.05, 0) is 13.0 Å². The van der Waals surface area contributed by atoms with Crippen LogP contribution in [0.5, 0.6) is 0 Å². The Balaban J connectivity index is 1.76. The fourth-order valence-corrected chi connectivity index (χ4v) is 1.49. The first-order chi connectivity index (χ1) is 6.84. The van der Waals surface area contributed by atoms with Crippen LogP contribution in [0, 0.1) is 6.92 Å². The highest BCUT2D eigenvalue weighted by atomic mass is 16.5. The van der Waals surface area contributed by atoms with Crippen LogP contribution in [0.1, 0.15) is 5.76 Å². The number of morpholine rings is 1. The number of rotatable bonds is 3. The molecule has 0 radical (unpaired) electrons. The van der Waals surface area contributed by atoms with Gasteiger partial charge in [-0.1, -0.05) is 0 Å². The highest BCUT2D eigenvalue weighted by Crippen LogP contribution is 2.12. The fraction of sp³-hybridized carbons (Fsp3) is 0.600. The van der Waals surface area contributed by atoms with Crippen molar-refractivity contribution in [2.45, 2.75) is 13.0 Å². The monoisotopic (exact) mass is 196 g/mol. The van der Waals surface area contributed by atoms with E-state index in [-0.39, 0.29) is 6.10 Å². The molecule has 0 bridgehead atoms. The van der Waals surface area contributed by atoms with Crippen LogP contribution in [0.25, 0.3) is 0 Å². The first-order valence-corrected chi connectivity index (χ1v) is 4.97. The first kappa shape index (κ1) is 9.55. The van der Waals surface area contributed by atoms with E-state index in [2.05, 4.69) is 10.6 Å². The van der Waals surface area contributed by atoms with Gasteiger partial charge in [-0.25, -0.2) is 0 Å². The van der Waals surface area contributed by atoms with Gasteiger partial charge in [0.1, 0.15) is 5.76 Å². The predicted molar refractivity (Wildman–Crippen MR) is 54.5 cm³/mol. The molecule has 4 heteroatoms. The molecule has 1 unspecified atom stereocenters. The van der Waals surface area contributed by atoms with E-state index in [1.807, 2.05) is 19.1 Å². The lowest BCUT2D eigenvalue weighted by Crippen LogP contribution is -2.42. The van der Waals surface area contributed by atoms with E-state index in [0.29, 0.717) is 0 Å². The molecule has 0 spiro atoms. The van der Waals surface area contributed by atoms with Crippen LogP contribution in [0.2, 0.25) is 0 Å². The lowest BCUT2D eigenvalue weighted by Gasteiger charge is -2.23. The molecule has 2 N–H and O–H groups in total. The Morgan fingerprint density at radius 1 is 1.57 bits per heavy atom. The van der Waals surface area contributed by atoms with Gasteiger partial charge in [0.2, 0.25) is 0 Å². The van der Waals surface area contributed by atoms with Crippen LogP contribution in [0.15, 0.2) is 16.5 Å². The molecule has 1 aliphatic rings. The highest BCUT2D eigenvalue weighted by Gasteiger charge is 2.12. The number of aryl methyl sites for hydroxylation is 1. The number of ether oxygens (including phenoxy) is 1. The van der Waals surface area contributed by atoms with Gasteiger partial charge in [0, 0.05) is 25.7 Å². The molecular formula is C10H16N2O2. The summed E-state index contributed by atoms with van der Waals surface area (Å²) in [5, 5.41) is 6.48. The average molecular weight is 196 g/mol. The fourth-order valence-electron chi connectivity index (χ4n) is 1.49. The lowest BCUT2D eigenvalue weighted by molar-refractivity contribution is 0.0370.